The lowest BCUT2D eigenvalue weighted by Crippen LogP contribution is -2.48. The van der Waals surface area contributed by atoms with Gasteiger partial charge in [-0.25, -0.2) is 0 Å². The van der Waals surface area contributed by atoms with Crippen molar-refractivity contribution in [1.29, 1.82) is 0 Å². The number of benzene rings is 2. The molecule has 2 atom stereocenters. The molecule has 31 heavy (non-hydrogen) atoms. The van der Waals surface area contributed by atoms with Gasteiger partial charge in [-0.05, 0) is 61.8 Å². The summed E-state index contributed by atoms with van der Waals surface area (Å²) in [5.41, 5.74) is 0.443. The highest BCUT2D eigenvalue weighted by atomic mass is 35.5. The summed E-state index contributed by atoms with van der Waals surface area (Å²) in [5, 5.41) is 18.7. The van der Waals surface area contributed by atoms with Crippen LogP contribution in [0, 0.1) is 17.3 Å². The van der Waals surface area contributed by atoms with E-state index in [2.05, 4.69) is 5.10 Å². The number of anilines is 1. The lowest BCUT2D eigenvalue weighted by molar-refractivity contribution is -0.0496. The van der Waals surface area contributed by atoms with Crippen LogP contribution in [0.15, 0.2) is 47.6 Å². The van der Waals surface area contributed by atoms with E-state index in [0.717, 1.165) is 25.7 Å². The molecule has 0 aromatic heterocycles. The van der Waals surface area contributed by atoms with Crippen LogP contribution in [0.25, 0.3) is 0 Å². The maximum absolute atomic E-state index is 13.1. The molecule has 2 fully saturated rings. The first kappa shape index (κ1) is 21.0. The molecule has 4 nitrogen and oxygen atoms in total. The zero-order chi connectivity index (χ0) is 21.8. The second kappa shape index (κ2) is 7.91. The molecule has 5 rings (SSSR count). The SMILES string of the molecule is OC(c1c(Cl)cccc1Cl)C1N(c2ccccc2OC(F)F)N=CC1(C1CC1)C1CC1. The number of rotatable bonds is 7. The summed E-state index contributed by atoms with van der Waals surface area (Å²) >= 11 is 12.9. The molecule has 8 heteroatoms. The normalized spacial score (nSPS) is 23.4. The second-order valence-electron chi connectivity index (χ2n) is 8.51. The number of aliphatic hydroxyl groups excluding tert-OH is 1. The minimum absolute atomic E-state index is 0.0134. The highest BCUT2D eigenvalue weighted by molar-refractivity contribution is 6.36. The van der Waals surface area contributed by atoms with Gasteiger partial charge in [0.2, 0.25) is 0 Å². The van der Waals surface area contributed by atoms with Crippen molar-refractivity contribution >= 4 is 35.1 Å². The molecule has 164 valence electrons. The van der Waals surface area contributed by atoms with E-state index in [9.17, 15) is 13.9 Å². The van der Waals surface area contributed by atoms with Gasteiger partial charge in [-0.15, -0.1) is 0 Å². The quantitative estimate of drug-likeness (QED) is 0.519. The summed E-state index contributed by atoms with van der Waals surface area (Å²) in [6, 6.07) is 11.1. The van der Waals surface area contributed by atoms with Gasteiger partial charge < -0.3 is 9.84 Å². The van der Waals surface area contributed by atoms with Gasteiger partial charge in [0.25, 0.3) is 0 Å². The van der Waals surface area contributed by atoms with E-state index in [-0.39, 0.29) is 11.2 Å². The largest absolute Gasteiger partial charge is 0.433 e. The van der Waals surface area contributed by atoms with Crippen molar-refractivity contribution in [3.63, 3.8) is 0 Å². The molecule has 0 bridgehead atoms. The number of hydrogen-bond donors (Lipinski definition) is 1. The lowest BCUT2D eigenvalue weighted by Gasteiger charge is -2.41. The van der Waals surface area contributed by atoms with Crippen LogP contribution in [0.2, 0.25) is 10.0 Å². The van der Waals surface area contributed by atoms with E-state index in [1.54, 1.807) is 41.4 Å². The first-order chi connectivity index (χ1) is 14.9. The topological polar surface area (TPSA) is 45.1 Å². The summed E-state index contributed by atoms with van der Waals surface area (Å²) in [5.74, 6) is 0.759. The molecule has 2 aromatic rings. The van der Waals surface area contributed by atoms with E-state index in [1.807, 2.05) is 6.21 Å². The Labute approximate surface area is 189 Å². The summed E-state index contributed by atoms with van der Waals surface area (Å²) in [7, 11) is 0. The third kappa shape index (κ3) is 3.59. The third-order valence-electron chi connectivity index (χ3n) is 6.67. The average molecular weight is 467 g/mol. The minimum atomic E-state index is -2.97. The number of halogens is 4. The predicted octanol–water partition coefficient (Wildman–Crippen LogP) is 6.31. The standard InChI is InChI=1S/C23H22Cl2F2N2O2/c24-15-4-3-5-16(25)19(15)20(30)21-23(13-8-9-13,14-10-11-14)12-28-29(21)17-6-1-2-7-18(17)31-22(26)27/h1-7,12-14,20-22,30H,8-11H2. The summed E-state index contributed by atoms with van der Waals surface area (Å²) in [4.78, 5) is 0. The molecule has 3 aliphatic rings. The van der Waals surface area contributed by atoms with Gasteiger partial charge in [0.05, 0.1) is 6.04 Å². The zero-order valence-corrected chi connectivity index (χ0v) is 18.1. The van der Waals surface area contributed by atoms with Crippen molar-refractivity contribution in [3.8, 4) is 5.75 Å². The molecule has 0 saturated heterocycles. The molecule has 1 heterocycles. The van der Waals surface area contributed by atoms with Crippen molar-refractivity contribution in [2.75, 3.05) is 5.01 Å². The molecule has 0 amide bonds. The molecular weight excluding hydrogens is 445 g/mol. The smallest absolute Gasteiger partial charge is 0.387 e. The van der Waals surface area contributed by atoms with Crippen LogP contribution in [-0.2, 0) is 0 Å². The van der Waals surface area contributed by atoms with E-state index in [1.165, 1.54) is 6.07 Å². The van der Waals surface area contributed by atoms with Gasteiger partial charge >= 0.3 is 6.61 Å². The number of alkyl halides is 2. The molecule has 2 aliphatic carbocycles. The molecule has 2 aromatic carbocycles. The van der Waals surface area contributed by atoms with Gasteiger partial charge in [0, 0.05) is 27.2 Å². The Bertz CT molecular complexity index is 979. The molecule has 1 N–H and O–H groups in total. The van der Waals surface area contributed by atoms with E-state index >= 15 is 0 Å². The van der Waals surface area contributed by atoms with Gasteiger partial charge in [-0.3, -0.25) is 5.01 Å². The fourth-order valence-electron chi connectivity index (χ4n) is 5.13. The van der Waals surface area contributed by atoms with Gasteiger partial charge in [-0.2, -0.15) is 13.9 Å². The zero-order valence-electron chi connectivity index (χ0n) is 16.6. The number of nitrogens with zero attached hydrogens (tertiary/aromatic N) is 2. The van der Waals surface area contributed by atoms with Crippen LogP contribution in [0.1, 0.15) is 37.4 Å². The molecule has 1 aliphatic heterocycles. The molecular formula is C23H22Cl2F2N2O2. The molecule has 2 saturated carbocycles. The first-order valence-electron chi connectivity index (χ1n) is 10.4. The average Bonchev–Trinajstić information content (AvgIpc) is 3.65. The van der Waals surface area contributed by atoms with E-state index in [4.69, 9.17) is 27.9 Å². The van der Waals surface area contributed by atoms with Crippen molar-refractivity contribution in [2.24, 2.45) is 22.4 Å². The molecule has 2 unspecified atom stereocenters. The fraction of sp³-hybridized carbons (Fsp3) is 0.435. The second-order valence-corrected chi connectivity index (χ2v) is 9.32. The fourth-order valence-corrected chi connectivity index (χ4v) is 5.75. The van der Waals surface area contributed by atoms with E-state index in [0.29, 0.717) is 33.1 Å². The van der Waals surface area contributed by atoms with Crippen LogP contribution in [0.4, 0.5) is 14.5 Å². The Balaban J connectivity index is 1.63. The number of hydrazone groups is 1. The Morgan fingerprint density at radius 2 is 1.61 bits per heavy atom. The summed E-state index contributed by atoms with van der Waals surface area (Å²) in [6.07, 6.45) is 5.05. The van der Waals surface area contributed by atoms with Crippen LogP contribution in [-0.4, -0.2) is 24.0 Å². The van der Waals surface area contributed by atoms with Gasteiger partial charge in [0.1, 0.15) is 11.8 Å². The Morgan fingerprint density at radius 1 is 1.00 bits per heavy atom. The third-order valence-corrected chi connectivity index (χ3v) is 7.33. The maximum Gasteiger partial charge on any atom is 0.387 e. The molecule has 0 radical (unpaired) electrons. The highest BCUT2D eigenvalue weighted by Crippen LogP contribution is 2.64. The Kier molecular flexibility index (Phi) is 5.35. The number of hydrogen-bond acceptors (Lipinski definition) is 4. The maximum atomic E-state index is 13.1. The van der Waals surface area contributed by atoms with Gasteiger partial charge in [-0.1, -0.05) is 41.4 Å². The van der Waals surface area contributed by atoms with Crippen molar-refractivity contribution in [1.82, 2.24) is 0 Å². The minimum Gasteiger partial charge on any atom is -0.433 e. The van der Waals surface area contributed by atoms with Crippen LogP contribution in [0.5, 0.6) is 5.75 Å². The van der Waals surface area contributed by atoms with E-state index < -0.39 is 18.8 Å². The van der Waals surface area contributed by atoms with Crippen molar-refractivity contribution in [3.05, 3.63) is 58.1 Å². The lowest BCUT2D eigenvalue weighted by atomic mass is 9.69. The number of aliphatic hydroxyl groups is 1. The van der Waals surface area contributed by atoms with Crippen molar-refractivity contribution in [2.45, 2.75) is 44.4 Å². The van der Waals surface area contributed by atoms with Crippen LogP contribution < -0.4 is 9.75 Å². The van der Waals surface area contributed by atoms with Gasteiger partial charge in [0.15, 0.2) is 5.75 Å². The summed E-state index contributed by atoms with van der Waals surface area (Å²) in [6.45, 7) is -2.97. The number of para-hydroxylation sites is 2. The molecule has 0 spiro atoms. The monoisotopic (exact) mass is 466 g/mol. The van der Waals surface area contributed by atoms with Crippen LogP contribution in [0.3, 0.4) is 0 Å². The van der Waals surface area contributed by atoms with Crippen LogP contribution >= 0.6 is 23.2 Å². The number of ether oxygens (including phenoxy) is 1. The van der Waals surface area contributed by atoms with Crippen molar-refractivity contribution < 1.29 is 18.6 Å². The summed E-state index contributed by atoms with van der Waals surface area (Å²) < 4.78 is 30.9. The first-order valence-corrected chi connectivity index (χ1v) is 11.2. The Morgan fingerprint density at radius 3 is 2.19 bits per heavy atom. The Hall–Kier alpha value is -1.89. The predicted molar refractivity (Wildman–Crippen MR) is 117 cm³/mol. The highest BCUT2D eigenvalue weighted by Gasteiger charge is 2.63.